The highest BCUT2D eigenvalue weighted by Gasteiger charge is 2.35. The van der Waals surface area contributed by atoms with Crippen LogP contribution in [0.1, 0.15) is 48.7 Å². The first kappa shape index (κ1) is 23.6. The number of nitrogens with zero attached hydrogens (tertiary/aromatic N) is 3. The predicted octanol–water partition coefficient (Wildman–Crippen LogP) is 2.98. The summed E-state index contributed by atoms with van der Waals surface area (Å²) >= 11 is 1.57. The molecule has 0 bridgehead atoms. The van der Waals surface area contributed by atoms with Crippen molar-refractivity contribution in [2.75, 3.05) is 18.1 Å². The lowest BCUT2D eigenvalue weighted by Crippen LogP contribution is -2.44. The molecule has 1 atom stereocenters. The largest absolute Gasteiger partial charge is 0.501 e. The Morgan fingerprint density at radius 2 is 1.94 bits per heavy atom. The van der Waals surface area contributed by atoms with Crippen LogP contribution < -0.4 is 5.32 Å². The highest BCUT2D eigenvalue weighted by molar-refractivity contribution is 7.99. The standard InChI is InChI=1S/C21H25FN4O5S/c1-21(2,3)31-20(30)26-8-9-32-11-14(26)17-24-15(16(27)19(29)25-17)18(28)23-10-12-4-6-13(22)7-5-12/h4-7,14,27H,8-11H2,1-3H3,(H,23,28)(H,24,25,29). The topological polar surface area (TPSA) is 125 Å². The molecular weight excluding hydrogens is 439 g/mol. The molecule has 1 unspecified atom stereocenters. The molecule has 3 rings (SSSR count). The Morgan fingerprint density at radius 1 is 1.25 bits per heavy atom. The maximum Gasteiger partial charge on any atom is 0.410 e. The van der Waals surface area contributed by atoms with Gasteiger partial charge >= 0.3 is 6.09 Å². The molecule has 1 saturated heterocycles. The van der Waals surface area contributed by atoms with Gasteiger partial charge in [-0.05, 0) is 38.5 Å². The third kappa shape index (κ3) is 5.78. The molecule has 9 nitrogen and oxygen atoms in total. The molecule has 1 aromatic heterocycles. The molecule has 1 fully saturated rings. The second-order valence-corrected chi connectivity index (χ2v) is 9.33. The van der Waals surface area contributed by atoms with Crippen LogP contribution in [0.5, 0.6) is 11.6 Å². The van der Waals surface area contributed by atoms with Crippen LogP contribution in [0.2, 0.25) is 0 Å². The summed E-state index contributed by atoms with van der Waals surface area (Å²) < 4.78 is 18.5. The van der Waals surface area contributed by atoms with Crippen LogP contribution in [-0.2, 0) is 11.3 Å². The molecule has 0 saturated carbocycles. The molecule has 2 heterocycles. The van der Waals surface area contributed by atoms with Crippen LogP contribution in [0.15, 0.2) is 24.3 Å². The fourth-order valence-corrected chi connectivity index (χ4v) is 4.04. The average Bonchev–Trinajstić information content (AvgIpc) is 2.73. The Bertz CT molecular complexity index is 997. The molecule has 0 aliphatic carbocycles. The molecule has 0 radical (unpaired) electrons. The molecule has 1 aliphatic heterocycles. The summed E-state index contributed by atoms with van der Waals surface area (Å²) in [7, 11) is 0. The lowest BCUT2D eigenvalue weighted by molar-refractivity contribution is 0.0177. The van der Waals surface area contributed by atoms with Crippen molar-refractivity contribution in [3.63, 3.8) is 0 Å². The quantitative estimate of drug-likeness (QED) is 0.631. The summed E-state index contributed by atoms with van der Waals surface area (Å²) in [6.07, 6.45) is -0.554. The minimum Gasteiger partial charge on any atom is -0.501 e. The minimum absolute atomic E-state index is 0.0188. The number of ether oxygens (including phenoxy) is 1. The molecule has 2 aromatic rings. The van der Waals surface area contributed by atoms with Crippen molar-refractivity contribution in [3.8, 4) is 11.6 Å². The Hall–Kier alpha value is -3.08. The van der Waals surface area contributed by atoms with E-state index in [0.717, 1.165) is 0 Å². The Balaban J connectivity index is 1.83. The van der Waals surface area contributed by atoms with Gasteiger partial charge < -0.3 is 20.3 Å². The molecule has 1 aliphatic rings. The van der Waals surface area contributed by atoms with E-state index in [0.29, 0.717) is 23.6 Å². The van der Waals surface area contributed by atoms with Gasteiger partial charge in [-0.25, -0.2) is 14.2 Å². The zero-order chi connectivity index (χ0) is 23.5. The third-order valence-corrected chi connectivity index (χ3v) is 5.54. The van der Waals surface area contributed by atoms with Gasteiger partial charge in [0.1, 0.15) is 17.5 Å². The third-order valence-electron chi connectivity index (χ3n) is 4.52. The number of benzene rings is 1. The number of aromatic nitrogens is 2. The lowest BCUT2D eigenvalue weighted by atomic mass is 10.2. The summed E-state index contributed by atoms with van der Waals surface area (Å²) in [6, 6.07) is 4.89. The van der Waals surface area contributed by atoms with E-state index in [9.17, 15) is 24.2 Å². The summed E-state index contributed by atoms with van der Waals surface area (Å²) in [4.78, 5) is 34.8. The number of halogens is 1. The maximum atomic E-state index is 13.0. The molecule has 11 heteroatoms. The summed E-state index contributed by atoms with van der Waals surface area (Å²) in [5.74, 6) is -1.55. The van der Waals surface area contributed by atoms with Crippen LogP contribution in [-0.4, -0.2) is 60.7 Å². The van der Waals surface area contributed by atoms with E-state index in [4.69, 9.17) is 4.74 Å². The van der Waals surface area contributed by atoms with Gasteiger partial charge in [-0.1, -0.05) is 12.1 Å². The molecule has 0 spiro atoms. The highest BCUT2D eigenvalue weighted by Crippen LogP contribution is 2.33. The van der Waals surface area contributed by atoms with E-state index in [1.165, 1.54) is 29.2 Å². The van der Waals surface area contributed by atoms with Crippen molar-refractivity contribution >= 4 is 23.8 Å². The van der Waals surface area contributed by atoms with Gasteiger partial charge in [-0.3, -0.25) is 9.69 Å². The summed E-state index contributed by atoms with van der Waals surface area (Å²) in [5, 5.41) is 22.8. The van der Waals surface area contributed by atoms with Crippen LogP contribution in [0.25, 0.3) is 0 Å². The average molecular weight is 465 g/mol. The predicted molar refractivity (Wildman–Crippen MR) is 116 cm³/mol. The smallest absolute Gasteiger partial charge is 0.410 e. The van der Waals surface area contributed by atoms with Gasteiger partial charge in [0.25, 0.3) is 11.8 Å². The number of rotatable bonds is 4. The highest BCUT2D eigenvalue weighted by atomic mass is 32.2. The number of carbonyl (C=O) groups excluding carboxylic acids is 2. The van der Waals surface area contributed by atoms with Gasteiger partial charge in [-0.2, -0.15) is 16.7 Å². The summed E-state index contributed by atoms with van der Waals surface area (Å²) in [6.45, 7) is 5.70. The van der Waals surface area contributed by atoms with E-state index in [2.05, 4.69) is 15.3 Å². The van der Waals surface area contributed by atoms with Crippen molar-refractivity contribution in [3.05, 3.63) is 47.2 Å². The van der Waals surface area contributed by atoms with Gasteiger partial charge in [-0.15, -0.1) is 0 Å². The van der Waals surface area contributed by atoms with Crippen molar-refractivity contribution in [2.24, 2.45) is 0 Å². The van der Waals surface area contributed by atoms with Gasteiger partial charge in [0, 0.05) is 24.6 Å². The second kappa shape index (κ2) is 9.60. The fraction of sp³-hybridized carbons (Fsp3) is 0.429. The normalized spacial score (nSPS) is 16.5. The molecule has 1 aromatic carbocycles. The number of amides is 2. The zero-order valence-corrected chi connectivity index (χ0v) is 18.8. The number of hydrogen-bond donors (Lipinski definition) is 3. The molecule has 3 N–H and O–H groups in total. The first-order chi connectivity index (χ1) is 15.0. The van der Waals surface area contributed by atoms with Gasteiger partial charge in [0.05, 0.1) is 0 Å². The number of thioether (sulfide) groups is 1. The van der Waals surface area contributed by atoms with Crippen molar-refractivity contribution in [1.29, 1.82) is 0 Å². The van der Waals surface area contributed by atoms with Gasteiger partial charge in [0.2, 0.25) is 5.75 Å². The minimum atomic E-state index is -0.766. The van der Waals surface area contributed by atoms with Crippen molar-refractivity contribution < 1.29 is 28.9 Å². The number of aromatic hydroxyl groups is 2. The van der Waals surface area contributed by atoms with E-state index >= 15 is 0 Å². The van der Waals surface area contributed by atoms with E-state index in [-0.39, 0.29) is 12.4 Å². The summed E-state index contributed by atoms with van der Waals surface area (Å²) in [5.41, 5.74) is -0.484. The molecule has 172 valence electrons. The van der Waals surface area contributed by atoms with E-state index < -0.39 is 46.8 Å². The molecule has 2 amide bonds. The fourth-order valence-electron chi connectivity index (χ4n) is 2.99. The Kier molecular flexibility index (Phi) is 7.07. The van der Waals surface area contributed by atoms with Crippen LogP contribution in [0, 0.1) is 5.82 Å². The first-order valence-corrected chi connectivity index (χ1v) is 11.1. The van der Waals surface area contributed by atoms with Crippen molar-refractivity contribution in [2.45, 2.75) is 39.0 Å². The van der Waals surface area contributed by atoms with Crippen molar-refractivity contribution in [1.82, 2.24) is 20.2 Å². The van der Waals surface area contributed by atoms with Crippen LogP contribution in [0.3, 0.4) is 0 Å². The van der Waals surface area contributed by atoms with E-state index in [1.54, 1.807) is 32.5 Å². The maximum absolute atomic E-state index is 13.0. The first-order valence-electron chi connectivity index (χ1n) is 9.95. The van der Waals surface area contributed by atoms with Crippen LogP contribution >= 0.6 is 11.8 Å². The monoisotopic (exact) mass is 464 g/mol. The van der Waals surface area contributed by atoms with E-state index in [1.807, 2.05) is 0 Å². The van der Waals surface area contributed by atoms with Crippen LogP contribution in [0.4, 0.5) is 9.18 Å². The molecular formula is C21H25FN4O5S. The number of carbonyl (C=O) groups is 2. The van der Waals surface area contributed by atoms with Gasteiger partial charge in [0.15, 0.2) is 11.5 Å². The SMILES string of the molecule is CC(C)(C)OC(=O)N1CCSCC1c1nc(O)c(O)c(C(=O)NCc2ccc(F)cc2)n1. The lowest BCUT2D eigenvalue weighted by Gasteiger charge is -2.35. The second-order valence-electron chi connectivity index (χ2n) is 8.18. The number of nitrogens with one attached hydrogen (secondary N) is 1. The number of hydrogen-bond acceptors (Lipinski definition) is 8. The zero-order valence-electron chi connectivity index (χ0n) is 18.0. The molecule has 32 heavy (non-hydrogen) atoms. The Morgan fingerprint density at radius 3 is 2.59 bits per heavy atom. The Labute approximate surface area is 189 Å².